The Morgan fingerprint density at radius 3 is 2.87 bits per heavy atom. The molecular formula is C16H15N3O3S. The zero-order valence-electron chi connectivity index (χ0n) is 12.2. The van der Waals surface area contributed by atoms with E-state index >= 15 is 0 Å². The summed E-state index contributed by atoms with van der Waals surface area (Å²) >= 11 is 1.78. The van der Waals surface area contributed by atoms with Gasteiger partial charge >= 0.3 is 6.03 Å². The molecule has 0 aromatic heterocycles. The van der Waals surface area contributed by atoms with Crippen molar-refractivity contribution in [2.75, 3.05) is 11.1 Å². The molecule has 1 aliphatic heterocycles. The van der Waals surface area contributed by atoms with Crippen LogP contribution in [0.5, 0.6) is 0 Å². The highest BCUT2D eigenvalue weighted by Gasteiger charge is 2.22. The monoisotopic (exact) mass is 329 g/mol. The maximum atomic E-state index is 12.2. The number of rotatable bonds is 3. The molecule has 1 aliphatic rings. The van der Waals surface area contributed by atoms with E-state index < -0.39 is 4.92 Å². The Morgan fingerprint density at radius 2 is 2.04 bits per heavy atom. The third-order valence-corrected chi connectivity index (χ3v) is 4.70. The number of thioether (sulfide) groups is 1. The molecule has 2 aromatic carbocycles. The summed E-state index contributed by atoms with van der Waals surface area (Å²) < 4.78 is 0. The second-order valence-corrected chi connectivity index (χ2v) is 6.27. The smallest absolute Gasteiger partial charge is 0.319 e. The van der Waals surface area contributed by atoms with E-state index in [1.807, 2.05) is 24.3 Å². The van der Waals surface area contributed by atoms with Crippen LogP contribution in [0.25, 0.3) is 0 Å². The van der Waals surface area contributed by atoms with E-state index in [1.165, 1.54) is 17.0 Å². The van der Waals surface area contributed by atoms with E-state index in [-0.39, 0.29) is 17.8 Å². The fraction of sp³-hybridized carbons (Fsp3) is 0.188. The number of non-ortho nitro benzene ring substituents is 1. The highest BCUT2D eigenvalue weighted by molar-refractivity contribution is 7.99. The van der Waals surface area contributed by atoms with Crippen molar-refractivity contribution in [1.29, 1.82) is 0 Å². The molecule has 0 saturated heterocycles. The minimum atomic E-state index is -0.488. The third kappa shape index (κ3) is 3.62. The van der Waals surface area contributed by atoms with Crippen molar-refractivity contribution in [3.8, 4) is 0 Å². The van der Waals surface area contributed by atoms with Crippen molar-refractivity contribution in [2.45, 2.75) is 17.4 Å². The molecule has 118 valence electrons. The molecule has 0 unspecified atom stereocenters. The summed E-state index contributed by atoms with van der Waals surface area (Å²) in [6.45, 7) is 0. The molecule has 3 rings (SSSR count). The van der Waals surface area contributed by atoms with E-state index in [4.69, 9.17) is 0 Å². The van der Waals surface area contributed by atoms with E-state index in [0.29, 0.717) is 5.69 Å². The van der Waals surface area contributed by atoms with Crippen LogP contribution in [0.15, 0.2) is 53.4 Å². The molecule has 23 heavy (non-hydrogen) atoms. The van der Waals surface area contributed by atoms with Crippen LogP contribution in [0.4, 0.5) is 16.2 Å². The van der Waals surface area contributed by atoms with Crippen molar-refractivity contribution >= 4 is 29.2 Å². The Balaban J connectivity index is 1.69. The largest absolute Gasteiger partial charge is 0.331 e. The van der Waals surface area contributed by atoms with Gasteiger partial charge in [-0.1, -0.05) is 24.3 Å². The van der Waals surface area contributed by atoms with Crippen LogP contribution in [-0.2, 0) is 0 Å². The van der Waals surface area contributed by atoms with Gasteiger partial charge in [0.2, 0.25) is 0 Å². The summed E-state index contributed by atoms with van der Waals surface area (Å²) in [6.07, 6.45) is 0.851. The lowest BCUT2D eigenvalue weighted by Crippen LogP contribution is -2.34. The Labute approximate surface area is 137 Å². The fourth-order valence-electron chi connectivity index (χ4n) is 2.51. The first-order valence-corrected chi connectivity index (χ1v) is 8.16. The molecule has 6 nitrogen and oxygen atoms in total. The summed E-state index contributed by atoms with van der Waals surface area (Å²) in [4.78, 5) is 23.6. The molecule has 0 bridgehead atoms. The molecule has 0 saturated carbocycles. The lowest BCUT2D eigenvalue weighted by atomic mass is 10.0. The second kappa shape index (κ2) is 6.70. The van der Waals surface area contributed by atoms with Gasteiger partial charge in [-0.2, -0.15) is 0 Å². The van der Waals surface area contributed by atoms with E-state index in [0.717, 1.165) is 17.7 Å². The van der Waals surface area contributed by atoms with Crippen LogP contribution in [0.3, 0.4) is 0 Å². The lowest BCUT2D eigenvalue weighted by molar-refractivity contribution is -0.384. The van der Waals surface area contributed by atoms with Gasteiger partial charge in [-0.05, 0) is 24.1 Å². The van der Waals surface area contributed by atoms with E-state index in [2.05, 4.69) is 10.6 Å². The first-order chi connectivity index (χ1) is 11.1. The van der Waals surface area contributed by atoms with Crippen molar-refractivity contribution in [3.05, 3.63) is 64.2 Å². The molecular weight excluding hydrogens is 314 g/mol. The highest BCUT2D eigenvalue weighted by atomic mass is 32.2. The van der Waals surface area contributed by atoms with Crippen molar-refractivity contribution < 1.29 is 9.72 Å². The summed E-state index contributed by atoms with van der Waals surface area (Å²) in [7, 11) is 0. The van der Waals surface area contributed by atoms with E-state index in [9.17, 15) is 14.9 Å². The van der Waals surface area contributed by atoms with Crippen LogP contribution in [0.1, 0.15) is 18.0 Å². The van der Waals surface area contributed by atoms with Gasteiger partial charge in [-0.3, -0.25) is 10.1 Å². The summed E-state index contributed by atoms with van der Waals surface area (Å²) in [5, 5.41) is 16.4. The Morgan fingerprint density at radius 1 is 1.22 bits per heavy atom. The average molecular weight is 329 g/mol. The minimum absolute atomic E-state index is 0.0499. The molecule has 0 spiro atoms. The number of hydrogen-bond acceptors (Lipinski definition) is 4. The molecule has 1 atom stereocenters. The van der Waals surface area contributed by atoms with Crippen LogP contribution in [0, 0.1) is 10.1 Å². The molecule has 2 aromatic rings. The third-order valence-electron chi connectivity index (χ3n) is 3.58. The first kappa shape index (κ1) is 15.4. The Bertz CT molecular complexity index is 751. The standard InChI is InChI=1S/C16H15N3O3S/c20-16(17-11-4-3-5-12(10-11)19(21)22)18-14-8-9-23-15-7-2-1-6-13(14)15/h1-7,10,14H,8-9H2,(H2,17,18,20)/t14-/m1/s1. The number of nitrogens with zero attached hydrogens (tertiary/aromatic N) is 1. The first-order valence-electron chi connectivity index (χ1n) is 7.17. The molecule has 0 fully saturated rings. The molecule has 1 heterocycles. The maximum absolute atomic E-state index is 12.2. The Hall–Kier alpha value is -2.54. The van der Waals surface area contributed by atoms with Crippen LogP contribution in [0.2, 0.25) is 0 Å². The van der Waals surface area contributed by atoms with Crippen LogP contribution >= 0.6 is 11.8 Å². The van der Waals surface area contributed by atoms with Gasteiger partial charge in [0, 0.05) is 28.5 Å². The molecule has 2 N–H and O–H groups in total. The predicted octanol–water partition coefficient (Wildman–Crippen LogP) is 3.95. The van der Waals surface area contributed by atoms with Crippen molar-refractivity contribution in [3.63, 3.8) is 0 Å². The van der Waals surface area contributed by atoms with Gasteiger partial charge in [-0.25, -0.2) is 4.79 Å². The van der Waals surface area contributed by atoms with Gasteiger partial charge in [0.25, 0.3) is 5.69 Å². The number of fused-ring (bicyclic) bond motifs is 1. The summed E-state index contributed by atoms with van der Waals surface area (Å²) in [5.41, 5.74) is 1.45. The SMILES string of the molecule is O=C(Nc1cccc([N+](=O)[O-])c1)N[C@@H]1CCSc2ccccc21. The maximum Gasteiger partial charge on any atom is 0.319 e. The molecule has 0 aliphatic carbocycles. The number of nitro groups is 1. The van der Waals surface area contributed by atoms with Gasteiger partial charge in [0.1, 0.15) is 0 Å². The van der Waals surface area contributed by atoms with Gasteiger partial charge in [0.05, 0.1) is 11.0 Å². The number of anilines is 1. The zero-order valence-corrected chi connectivity index (χ0v) is 13.0. The van der Waals surface area contributed by atoms with Crippen LogP contribution in [-0.4, -0.2) is 16.7 Å². The highest BCUT2D eigenvalue weighted by Crippen LogP contribution is 2.35. The topological polar surface area (TPSA) is 84.3 Å². The summed E-state index contributed by atoms with van der Waals surface area (Å²) in [6, 6.07) is 13.5. The Kier molecular flexibility index (Phi) is 4.47. The number of nitro benzene ring substituents is 1. The average Bonchev–Trinajstić information content (AvgIpc) is 2.55. The molecule has 2 amide bonds. The fourth-order valence-corrected chi connectivity index (χ4v) is 3.64. The van der Waals surface area contributed by atoms with Gasteiger partial charge < -0.3 is 10.6 Å². The molecule has 7 heteroatoms. The van der Waals surface area contributed by atoms with Gasteiger partial charge in [-0.15, -0.1) is 11.8 Å². The molecule has 0 radical (unpaired) electrons. The number of nitrogens with one attached hydrogen (secondary N) is 2. The predicted molar refractivity (Wildman–Crippen MR) is 89.8 cm³/mol. The number of hydrogen-bond donors (Lipinski definition) is 2. The van der Waals surface area contributed by atoms with E-state index in [1.54, 1.807) is 23.9 Å². The zero-order chi connectivity index (χ0) is 16.2. The second-order valence-electron chi connectivity index (χ2n) is 5.13. The normalized spacial score (nSPS) is 16.3. The minimum Gasteiger partial charge on any atom is -0.331 e. The number of carbonyl (C=O) groups excluding carboxylic acids is 1. The summed E-state index contributed by atoms with van der Waals surface area (Å²) in [5.74, 6) is 0.943. The number of carbonyl (C=O) groups is 1. The van der Waals surface area contributed by atoms with Crippen molar-refractivity contribution in [1.82, 2.24) is 5.32 Å². The number of urea groups is 1. The number of benzene rings is 2. The van der Waals surface area contributed by atoms with Gasteiger partial charge in [0.15, 0.2) is 0 Å². The quantitative estimate of drug-likeness (QED) is 0.659. The van der Waals surface area contributed by atoms with Crippen LogP contribution < -0.4 is 10.6 Å². The van der Waals surface area contributed by atoms with Crippen molar-refractivity contribution in [2.24, 2.45) is 0 Å². The lowest BCUT2D eigenvalue weighted by Gasteiger charge is -2.25. The number of amides is 2.